The van der Waals surface area contributed by atoms with E-state index in [2.05, 4.69) is 5.32 Å². The minimum absolute atomic E-state index is 0.0285. The summed E-state index contributed by atoms with van der Waals surface area (Å²) < 4.78 is 10.6. The van der Waals surface area contributed by atoms with Crippen molar-refractivity contribution >= 4 is 5.91 Å². The van der Waals surface area contributed by atoms with Gasteiger partial charge in [0, 0.05) is 0 Å². The number of carbonyl (C=O) groups excluding carboxylic acids is 1. The summed E-state index contributed by atoms with van der Waals surface area (Å²) in [5.41, 5.74) is 1.04. The Bertz CT molecular complexity index is 581. The first-order chi connectivity index (χ1) is 10.7. The van der Waals surface area contributed by atoms with Crippen molar-refractivity contribution in [1.29, 1.82) is 0 Å². The molecule has 1 unspecified atom stereocenters. The van der Waals surface area contributed by atoms with Crippen molar-refractivity contribution < 1.29 is 14.3 Å². The highest BCUT2D eigenvalue weighted by molar-refractivity contribution is 5.76. The molecule has 1 N–H and O–H groups in total. The lowest BCUT2D eigenvalue weighted by Crippen LogP contribution is -2.27. The standard InChI is InChI=1S/C18H21NO3/c1-14(15-8-10-16(21-2)11-9-15)19-18(20)12-13-22-17-6-4-3-5-7-17/h3-11,14H,12-13H2,1-2H3,(H,19,20). The lowest BCUT2D eigenvalue weighted by Gasteiger charge is -2.15. The molecule has 0 heterocycles. The first kappa shape index (κ1) is 15.9. The van der Waals surface area contributed by atoms with Crippen molar-refractivity contribution in [1.82, 2.24) is 5.32 Å². The van der Waals surface area contributed by atoms with Crippen molar-refractivity contribution in [3.05, 3.63) is 60.2 Å². The largest absolute Gasteiger partial charge is 0.497 e. The van der Waals surface area contributed by atoms with Crippen LogP contribution in [0.3, 0.4) is 0 Å². The summed E-state index contributed by atoms with van der Waals surface area (Å²) in [6.45, 7) is 2.32. The Morgan fingerprint density at radius 2 is 1.73 bits per heavy atom. The zero-order valence-electron chi connectivity index (χ0n) is 12.9. The second-order valence-electron chi connectivity index (χ2n) is 4.97. The van der Waals surface area contributed by atoms with E-state index in [0.717, 1.165) is 17.1 Å². The highest BCUT2D eigenvalue weighted by atomic mass is 16.5. The molecule has 0 fully saturated rings. The van der Waals surface area contributed by atoms with E-state index in [9.17, 15) is 4.79 Å². The molecule has 0 spiro atoms. The molecule has 0 aliphatic heterocycles. The van der Waals surface area contributed by atoms with Crippen LogP contribution in [-0.4, -0.2) is 19.6 Å². The van der Waals surface area contributed by atoms with Crippen molar-refractivity contribution in [2.24, 2.45) is 0 Å². The van der Waals surface area contributed by atoms with Crippen LogP contribution in [0.1, 0.15) is 24.9 Å². The van der Waals surface area contributed by atoms with Crippen LogP contribution in [0.15, 0.2) is 54.6 Å². The molecule has 0 saturated carbocycles. The Labute approximate surface area is 131 Å². The smallest absolute Gasteiger partial charge is 0.223 e. The van der Waals surface area contributed by atoms with Gasteiger partial charge in [-0.25, -0.2) is 0 Å². The first-order valence-electron chi connectivity index (χ1n) is 7.30. The quantitative estimate of drug-likeness (QED) is 0.853. The van der Waals surface area contributed by atoms with E-state index in [-0.39, 0.29) is 11.9 Å². The van der Waals surface area contributed by atoms with Crippen LogP contribution in [-0.2, 0) is 4.79 Å². The monoisotopic (exact) mass is 299 g/mol. The van der Waals surface area contributed by atoms with E-state index in [0.29, 0.717) is 13.0 Å². The molecule has 0 aliphatic carbocycles. The fourth-order valence-electron chi connectivity index (χ4n) is 2.07. The van der Waals surface area contributed by atoms with Gasteiger partial charge in [-0.3, -0.25) is 4.79 Å². The lowest BCUT2D eigenvalue weighted by atomic mass is 10.1. The van der Waals surface area contributed by atoms with Gasteiger partial charge in [0.15, 0.2) is 0 Å². The van der Waals surface area contributed by atoms with Crippen molar-refractivity contribution in [3.8, 4) is 11.5 Å². The van der Waals surface area contributed by atoms with Crippen LogP contribution in [0.25, 0.3) is 0 Å². The van der Waals surface area contributed by atoms with Crippen LogP contribution >= 0.6 is 0 Å². The molecule has 0 aliphatic rings. The van der Waals surface area contributed by atoms with Crippen molar-refractivity contribution in [3.63, 3.8) is 0 Å². The Morgan fingerprint density at radius 1 is 1.05 bits per heavy atom. The number of nitrogens with one attached hydrogen (secondary N) is 1. The van der Waals surface area contributed by atoms with Gasteiger partial charge in [-0.05, 0) is 36.8 Å². The zero-order valence-corrected chi connectivity index (χ0v) is 12.9. The summed E-state index contributed by atoms with van der Waals surface area (Å²) in [5, 5.41) is 2.96. The number of amides is 1. The number of hydrogen-bond acceptors (Lipinski definition) is 3. The number of hydrogen-bond donors (Lipinski definition) is 1. The molecule has 2 aromatic carbocycles. The normalized spacial score (nSPS) is 11.5. The third-order valence-electron chi connectivity index (χ3n) is 3.33. The van der Waals surface area contributed by atoms with Crippen LogP contribution in [0.4, 0.5) is 0 Å². The van der Waals surface area contributed by atoms with Gasteiger partial charge in [-0.2, -0.15) is 0 Å². The molecule has 116 valence electrons. The topological polar surface area (TPSA) is 47.6 Å². The van der Waals surface area contributed by atoms with Gasteiger partial charge in [-0.1, -0.05) is 30.3 Å². The van der Waals surface area contributed by atoms with Gasteiger partial charge < -0.3 is 14.8 Å². The summed E-state index contributed by atoms with van der Waals surface area (Å²) in [4.78, 5) is 11.9. The molecule has 1 amide bonds. The number of rotatable bonds is 7. The molecule has 2 aromatic rings. The molecular formula is C18H21NO3. The number of ether oxygens (including phenoxy) is 2. The third kappa shape index (κ3) is 4.81. The number of para-hydroxylation sites is 1. The third-order valence-corrected chi connectivity index (χ3v) is 3.33. The van der Waals surface area contributed by atoms with Gasteiger partial charge in [0.05, 0.1) is 26.2 Å². The van der Waals surface area contributed by atoms with Crippen LogP contribution in [0.2, 0.25) is 0 Å². The second kappa shape index (κ2) is 8.08. The number of benzene rings is 2. The maximum Gasteiger partial charge on any atom is 0.223 e. The Hall–Kier alpha value is -2.49. The zero-order chi connectivity index (χ0) is 15.8. The SMILES string of the molecule is COc1ccc(C(C)NC(=O)CCOc2ccccc2)cc1. The predicted octanol–water partition coefficient (Wildman–Crippen LogP) is 3.34. The average Bonchev–Trinajstić information content (AvgIpc) is 2.56. The molecule has 0 saturated heterocycles. The van der Waals surface area contributed by atoms with E-state index in [1.54, 1.807) is 7.11 Å². The Balaban J connectivity index is 1.76. The molecular weight excluding hydrogens is 278 g/mol. The maximum absolute atomic E-state index is 11.9. The Morgan fingerprint density at radius 3 is 2.36 bits per heavy atom. The van der Waals surface area contributed by atoms with E-state index in [1.165, 1.54) is 0 Å². The molecule has 22 heavy (non-hydrogen) atoms. The highest BCUT2D eigenvalue weighted by Crippen LogP contribution is 2.17. The predicted molar refractivity (Wildman–Crippen MR) is 86.1 cm³/mol. The average molecular weight is 299 g/mol. The van der Waals surface area contributed by atoms with Gasteiger partial charge in [0.2, 0.25) is 5.91 Å². The summed E-state index contributed by atoms with van der Waals surface area (Å²) in [7, 11) is 1.63. The van der Waals surface area contributed by atoms with Crippen molar-refractivity contribution in [2.75, 3.05) is 13.7 Å². The number of methoxy groups -OCH3 is 1. The van der Waals surface area contributed by atoms with E-state index in [1.807, 2.05) is 61.5 Å². The first-order valence-corrected chi connectivity index (χ1v) is 7.30. The van der Waals surface area contributed by atoms with Crippen molar-refractivity contribution in [2.45, 2.75) is 19.4 Å². The summed E-state index contributed by atoms with van der Waals surface area (Å²) in [6, 6.07) is 17.1. The minimum Gasteiger partial charge on any atom is -0.497 e. The maximum atomic E-state index is 11.9. The summed E-state index contributed by atoms with van der Waals surface area (Å²) in [6.07, 6.45) is 0.329. The minimum atomic E-state index is -0.0462. The van der Waals surface area contributed by atoms with Gasteiger partial charge in [0.1, 0.15) is 11.5 Å². The fourth-order valence-corrected chi connectivity index (χ4v) is 2.07. The molecule has 4 nitrogen and oxygen atoms in total. The molecule has 0 radical (unpaired) electrons. The fraction of sp³-hybridized carbons (Fsp3) is 0.278. The van der Waals surface area contributed by atoms with Gasteiger partial charge >= 0.3 is 0 Å². The lowest BCUT2D eigenvalue weighted by molar-refractivity contribution is -0.122. The van der Waals surface area contributed by atoms with E-state index in [4.69, 9.17) is 9.47 Å². The molecule has 1 atom stereocenters. The van der Waals surface area contributed by atoms with E-state index >= 15 is 0 Å². The number of carbonyl (C=O) groups is 1. The molecule has 0 aromatic heterocycles. The molecule has 2 rings (SSSR count). The van der Waals surface area contributed by atoms with Crippen LogP contribution in [0, 0.1) is 0 Å². The second-order valence-corrected chi connectivity index (χ2v) is 4.97. The summed E-state index contributed by atoms with van der Waals surface area (Å²) in [5.74, 6) is 1.55. The van der Waals surface area contributed by atoms with Gasteiger partial charge in [-0.15, -0.1) is 0 Å². The molecule has 4 heteroatoms. The molecule has 0 bridgehead atoms. The van der Waals surface area contributed by atoms with E-state index < -0.39 is 0 Å². The Kier molecular flexibility index (Phi) is 5.83. The van der Waals surface area contributed by atoms with Crippen LogP contribution in [0.5, 0.6) is 11.5 Å². The van der Waals surface area contributed by atoms with Crippen LogP contribution < -0.4 is 14.8 Å². The summed E-state index contributed by atoms with van der Waals surface area (Å²) >= 11 is 0. The van der Waals surface area contributed by atoms with Gasteiger partial charge in [0.25, 0.3) is 0 Å². The highest BCUT2D eigenvalue weighted by Gasteiger charge is 2.09.